The summed E-state index contributed by atoms with van der Waals surface area (Å²) in [4.78, 5) is 0. The van der Waals surface area contributed by atoms with E-state index in [2.05, 4.69) is 29.2 Å². The van der Waals surface area contributed by atoms with Crippen LogP contribution in [-0.2, 0) is 0 Å². The number of hydrogen-bond donors (Lipinski definition) is 2. The zero-order valence-corrected chi connectivity index (χ0v) is 5.22. The summed E-state index contributed by atoms with van der Waals surface area (Å²) >= 11 is 0. The molecule has 1 aliphatic heterocycles. The van der Waals surface area contributed by atoms with E-state index in [0.29, 0.717) is 6.04 Å². The first-order chi connectivity index (χ1) is 4.47. The topological polar surface area (TPSA) is 24.1 Å². The van der Waals surface area contributed by atoms with E-state index in [-0.39, 0.29) is 0 Å². The van der Waals surface area contributed by atoms with E-state index in [4.69, 9.17) is 0 Å². The average Bonchev–Trinajstić information content (AvgIpc) is 2.33. The van der Waals surface area contributed by atoms with Crippen LogP contribution in [0.1, 0.15) is 12.8 Å². The van der Waals surface area contributed by atoms with Crippen LogP contribution >= 0.6 is 0 Å². The predicted molar refractivity (Wildman–Crippen MR) is 36.5 cm³/mol. The number of nitrogens with one attached hydrogen (secondary N) is 2. The Morgan fingerprint density at radius 3 is 3.33 bits per heavy atom. The van der Waals surface area contributed by atoms with Gasteiger partial charge in [0, 0.05) is 6.20 Å². The molecular weight excluding hydrogens is 112 g/mol. The number of fused-ring (bicyclic) bond motifs is 1. The summed E-state index contributed by atoms with van der Waals surface area (Å²) in [5.74, 6) is 0. The van der Waals surface area contributed by atoms with Gasteiger partial charge >= 0.3 is 0 Å². The minimum Gasteiger partial charge on any atom is -0.328 e. The summed E-state index contributed by atoms with van der Waals surface area (Å²) in [6.07, 6.45) is 8.76. The van der Waals surface area contributed by atoms with Gasteiger partial charge < -0.3 is 5.43 Å². The zero-order valence-electron chi connectivity index (χ0n) is 5.22. The van der Waals surface area contributed by atoms with E-state index in [0.717, 1.165) is 12.8 Å². The van der Waals surface area contributed by atoms with Crippen molar-refractivity contribution in [1.29, 1.82) is 0 Å². The minimum absolute atomic E-state index is 0.579. The average molecular weight is 122 g/mol. The lowest BCUT2D eigenvalue weighted by atomic mass is 9.98. The number of rotatable bonds is 0. The molecule has 2 heteroatoms. The predicted octanol–water partition coefficient (Wildman–Crippen LogP) is 0.697. The van der Waals surface area contributed by atoms with Crippen LogP contribution < -0.4 is 10.9 Å². The zero-order chi connectivity index (χ0) is 6.10. The molecule has 1 aliphatic carbocycles. The summed E-state index contributed by atoms with van der Waals surface area (Å²) < 4.78 is 0. The van der Waals surface area contributed by atoms with Crippen molar-refractivity contribution >= 4 is 0 Å². The van der Waals surface area contributed by atoms with Gasteiger partial charge in [0.2, 0.25) is 0 Å². The summed E-state index contributed by atoms with van der Waals surface area (Å²) in [5.41, 5.74) is 7.66. The van der Waals surface area contributed by atoms with Crippen molar-refractivity contribution in [3.05, 3.63) is 23.9 Å². The molecule has 48 valence electrons. The molecule has 0 amide bonds. The molecule has 0 saturated carbocycles. The summed E-state index contributed by atoms with van der Waals surface area (Å²) in [6, 6.07) is 0.579. The Morgan fingerprint density at radius 2 is 2.44 bits per heavy atom. The van der Waals surface area contributed by atoms with Gasteiger partial charge in [-0.3, -0.25) is 0 Å². The fraction of sp³-hybridized carbons (Fsp3) is 0.429. The Hall–Kier alpha value is -0.760. The third-order valence-corrected chi connectivity index (χ3v) is 1.85. The van der Waals surface area contributed by atoms with E-state index in [9.17, 15) is 0 Å². The van der Waals surface area contributed by atoms with Gasteiger partial charge in [0.05, 0.1) is 6.04 Å². The van der Waals surface area contributed by atoms with Crippen molar-refractivity contribution in [3.8, 4) is 0 Å². The second kappa shape index (κ2) is 1.88. The molecule has 0 fully saturated rings. The lowest BCUT2D eigenvalue weighted by Gasteiger charge is -2.14. The summed E-state index contributed by atoms with van der Waals surface area (Å²) in [6.45, 7) is 0. The van der Waals surface area contributed by atoms with Crippen molar-refractivity contribution < 1.29 is 0 Å². The van der Waals surface area contributed by atoms with E-state index < -0.39 is 0 Å². The molecule has 1 atom stereocenters. The number of hydrazine groups is 1. The molecule has 0 bridgehead atoms. The molecule has 1 unspecified atom stereocenters. The molecule has 2 aliphatic rings. The summed E-state index contributed by atoms with van der Waals surface area (Å²) in [5, 5.41) is 0. The van der Waals surface area contributed by atoms with Crippen LogP contribution in [0.15, 0.2) is 23.9 Å². The first-order valence-corrected chi connectivity index (χ1v) is 3.32. The number of allylic oxidation sites excluding steroid dienone is 1. The Labute approximate surface area is 54.6 Å². The maximum Gasteiger partial charge on any atom is 0.0524 e. The van der Waals surface area contributed by atoms with Crippen LogP contribution in [0.5, 0.6) is 0 Å². The Kier molecular flexibility index (Phi) is 1.06. The maximum absolute atomic E-state index is 3.16. The van der Waals surface area contributed by atoms with Gasteiger partial charge in [-0.25, -0.2) is 5.43 Å². The SMILES string of the molecule is C1=CCC2NNC=C2C1. The molecular formula is C7H10N2. The highest BCUT2D eigenvalue weighted by Crippen LogP contribution is 2.18. The van der Waals surface area contributed by atoms with Crippen molar-refractivity contribution in [2.75, 3.05) is 0 Å². The molecule has 0 aromatic carbocycles. The Bertz CT molecular complexity index is 170. The molecule has 0 aromatic heterocycles. The highest BCUT2D eigenvalue weighted by molar-refractivity contribution is 5.22. The van der Waals surface area contributed by atoms with Gasteiger partial charge in [0.1, 0.15) is 0 Å². The van der Waals surface area contributed by atoms with Crippen LogP contribution in [0.2, 0.25) is 0 Å². The van der Waals surface area contributed by atoms with Gasteiger partial charge in [-0.05, 0) is 18.4 Å². The third-order valence-electron chi connectivity index (χ3n) is 1.85. The van der Waals surface area contributed by atoms with Gasteiger partial charge in [-0.15, -0.1) is 0 Å². The highest BCUT2D eigenvalue weighted by Gasteiger charge is 2.17. The third kappa shape index (κ3) is 0.754. The first-order valence-electron chi connectivity index (χ1n) is 3.32. The van der Waals surface area contributed by atoms with Crippen molar-refractivity contribution in [2.45, 2.75) is 18.9 Å². The summed E-state index contributed by atoms with van der Waals surface area (Å²) in [7, 11) is 0. The lowest BCUT2D eigenvalue weighted by molar-refractivity contribution is 0.565. The normalized spacial score (nSPS) is 31.1. The molecule has 0 spiro atoms. The van der Waals surface area contributed by atoms with Gasteiger partial charge in [-0.1, -0.05) is 12.2 Å². The number of hydrogen-bond acceptors (Lipinski definition) is 2. The monoisotopic (exact) mass is 122 g/mol. The minimum atomic E-state index is 0.579. The van der Waals surface area contributed by atoms with Crippen LogP contribution in [0.25, 0.3) is 0 Å². The fourth-order valence-electron chi connectivity index (χ4n) is 1.29. The van der Waals surface area contributed by atoms with E-state index in [1.165, 1.54) is 5.57 Å². The van der Waals surface area contributed by atoms with Crippen LogP contribution in [0.3, 0.4) is 0 Å². The van der Waals surface area contributed by atoms with E-state index in [1.807, 2.05) is 0 Å². The highest BCUT2D eigenvalue weighted by atomic mass is 15.4. The standard InChI is InChI=1S/C7H10N2/c1-2-4-7-6(3-1)5-8-9-7/h1-2,5,7-9H,3-4H2. The molecule has 0 saturated heterocycles. The molecule has 9 heavy (non-hydrogen) atoms. The smallest absolute Gasteiger partial charge is 0.0524 e. The molecule has 2 rings (SSSR count). The van der Waals surface area contributed by atoms with E-state index >= 15 is 0 Å². The van der Waals surface area contributed by atoms with Crippen molar-refractivity contribution in [1.82, 2.24) is 10.9 Å². The second-order valence-corrected chi connectivity index (χ2v) is 2.47. The van der Waals surface area contributed by atoms with Crippen LogP contribution in [0.4, 0.5) is 0 Å². The molecule has 2 N–H and O–H groups in total. The van der Waals surface area contributed by atoms with Crippen LogP contribution in [-0.4, -0.2) is 6.04 Å². The molecule has 2 nitrogen and oxygen atoms in total. The van der Waals surface area contributed by atoms with Gasteiger partial charge in [-0.2, -0.15) is 0 Å². The second-order valence-electron chi connectivity index (χ2n) is 2.47. The Balaban J connectivity index is 2.20. The fourth-order valence-corrected chi connectivity index (χ4v) is 1.29. The quantitative estimate of drug-likeness (QED) is 0.462. The van der Waals surface area contributed by atoms with Crippen molar-refractivity contribution in [2.24, 2.45) is 0 Å². The molecule has 0 aromatic rings. The van der Waals surface area contributed by atoms with Crippen molar-refractivity contribution in [3.63, 3.8) is 0 Å². The first kappa shape index (κ1) is 5.06. The Morgan fingerprint density at radius 1 is 1.44 bits per heavy atom. The molecule has 0 radical (unpaired) electrons. The van der Waals surface area contributed by atoms with E-state index in [1.54, 1.807) is 0 Å². The largest absolute Gasteiger partial charge is 0.328 e. The maximum atomic E-state index is 3.16. The lowest BCUT2D eigenvalue weighted by Crippen LogP contribution is -2.31. The van der Waals surface area contributed by atoms with Gasteiger partial charge in [0.25, 0.3) is 0 Å². The van der Waals surface area contributed by atoms with Crippen LogP contribution in [0, 0.1) is 0 Å². The molecule has 1 heterocycles. The van der Waals surface area contributed by atoms with Gasteiger partial charge in [0.15, 0.2) is 0 Å².